The van der Waals surface area contributed by atoms with Crippen LogP contribution in [0.2, 0.25) is 0 Å². The van der Waals surface area contributed by atoms with Crippen molar-refractivity contribution < 1.29 is 0 Å². The average molecular weight is 355 g/mol. The van der Waals surface area contributed by atoms with Gasteiger partial charge in [-0.05, 0) is 80.2 Å². The molecule has 0 aromatic heterocycles. The number of benzene rings is 1. The lowest BCUT2D eigenvalue weighted by molar-refractivity contribution is -0.0737. The highest BCUT2D eigenvalue weighted by molar-refractivity contribution is 5.63. The van der Waals surface area contributed by atoms with Crippen LogP contribution in [0.3, 0.4) is 0 Å². The Bertz CT molecular complexity index is 734. The highest BCUT2D eigenvalue weighted by atomic mass is 15.5. The molecule has 2 nitrogen and oxygen atoms in total. The SMILES string of the molecule is Cc1ccc2c(c1)C(C)(C)C1(C)CC3CCC(C)(C)CC3CC1(C)N2N. The van der Waals surface area contributed by atoms with Crippen molar-refractivity contribution >= 4 is 5.69 Å². The molecule has 4 unspecified atom stereocenters. The second kappa shape index (κ2) is 5.28. The minimum atomic E-state index is 0.00729. The van der Waals surface area contributed by atoms with E-state index in [2.05, 4.69) is 71.7 Å². The second-order valence-electron chi connectivity index (χ2n) is 11.5. The lowest BCUT2D eigenvalue weighted by Crippen LogP contribution is -2.72. The van der Waals surface area contributed by atoms with Crippen LogP contribution in [0, 0.1) is 29.6 Å². The molecule has 2 saturated carbocycles. The zero-order valence-electron chi connectivity index (χ0n) is 17.9. The zero-order chi connectivity index (χ0) is 19.1. The van der Waals surface area contributed by atoms with Crippen LogP contribution in [0.25, 0.3) is 0 Å². The van der Waals surface area contributed by atoms with Crippen LogP contribution in [0.4, 0.5) is 5.69 Å². The third-order valence-corrected chi connectivity index (χ3v) is 9.19. The van der Waals surface area contributed by atoms with Crippen LogP contribution in [-0.2, 0) is 5.41 Å². The number of nitrogens with zero attached hydrogens (tertiary/aromatic N) is 1. The van der Waals surface area contributed by atoms with Gasteiger partial charge in [0.15, 0.2) is 0 Å². The van der Waals surface area contributed by atoms with Crippen LogP contribution < -0.4 is 10.9 Å². The van der Waals surface area contributed by atoms with Gasteiger partial charge in [0.2, 0.25) is 0 Å². The van der Waals surface area contributed by atoms with Crippen molar-refractivity contribution in [3.63, 3.8) is 0 Å². The maximum Gasteiger partial charge on any atom is 0.0597 e. The molecule has 1 aromatic carbocycles. The fourth-order valence-electron chi connectivity index (χ4n) is 6.99. The van der Waals surface area contributed by atoms with E-state index in [-0.39, 0.29) is 16.4 Å². The van der Waals surface area contributed by atoms with E-state index in [1.165, 1.54) is 48.9 Å². The maximum atomic E-state index is 6.91. The summed E-state index contributed by atoms with van der Waals surface area (Å²) >= 11 is 0. The number of nitrogens with two attached hydrogens (primary N) is 1. The molecule has 2 aliphatic carbocycles. The molecule has 2 heteroatoms. The molecule has 1 aromatic rings. The van der Waals surface area contributed by atoms with Crippen molar-refractivity contribution in [1.29, 1.82) is 0 Å². The number of aryl methyl sites for hydroxylation is 1. The summed E-state index contributed by atoms with van der Waals surface area (Å²) < 4.78 is 0. The molecular formula is C24H38N2. The van der Waals surface area contributed by atoms with Crippen LogP contribution in [0.5, 0.6) is 0 Å². The molecular weight excluding hydrogens is 316 g/mol. The molecule has 4 atom stereocenters. The van der Waals surface area contributed by atoms with Gasteiger partial charge in [-0.25, -0.2) is 5.84 Å². The fourth-order valence-corrected chi connectivity index (χ4v) is 6.99. The van der Waals surface area contributed by atoms with Gasteiger partial charge in [0.05, 0.1) is 11.2 Å². The van der Waals surface area contributed by atoms with Crippen molar-refractivity contribution in [3.8, 4) is 0 Å². The van der Waals surface area contributed by atoms with Crippen LogP contribution in [-0.4, -0.2) is 5.54 Å². The topological polar surface area (TPSA) is 29.3 Å². The molecule has 1 heterocycles. The Morgan fingerprint density at radius 1 is 0.962 bits per heavy atom. The molecule has 1 aliphatic heterocycles. The van der Waals surface area contributed by atoms with E-state index in [0.29, 0.717) is 5.41 Å². The van der Waals surface area contributed by atoms with Gasteiger partial charge in [-0.3, -0.25) is 0 Å². The number of hydrogen-bond acceptors (Lipinski definition) is 2. The van der Waals surface area contributed by atoms with Gasteiger partial charge in [-0.2, -0.15) is 0 Å². The number of rotatable bonds is 0. The summed E-state index contributed by atoms with van der Waals surface area (Å²) in [6.45, 7) is 17.1. The highest BCUT2D eigenvalue weighted by Gasteiger charge is 2.64. The van der Waals surface area contributed by atoms with E-state index >= 15 is 0 Å². The summed E-state index contributed by atoms with van der Waals surface area (Å²) in [6.07, 6.45) is 6.66. The first kappa shape index (κ1) is 18.3. The fraction of sp³-hybridized carbons (Fsp3) is 0.750. The Kier molecular flexibility index (Phi) is 3.73. The number of anilines is 1. The van der Waals surface area contributed by atoms with Crippen molar-refractivity contribution in [3.05, 3.63) is 29.3 Å². The normalized spacial score (nSPS) is 40.4. The predicted octanol–water partition coefficient (Wildman–Crippen LogP) is 5.97. The van der Waals surface area contributed by atoms with Gasteiger partial charge in [0.25, 0.3) is 0 Å². The van der Waals surface area contributed by atoms with Crippen molar-refractivity contribution in [1.82, 2.24) is 0 Å². The van der Waals surface area contributed by atoms with Crippen LogP contribution >= 0.6 is 0 Å². The third kappa shape index (κ3) is 2.20. The first-order chi connectivity index (χ1) is 11.9. The summed E-state index contributed by atoms with van der Waals surface area (Å²) in [7, 11) is 0. The van der Waals surface area contributed by atoms with Gasteiger partial charge in [-0.15, -0.1) is 0 Å². The molecule has 0 saturated heterocycles. The first-order valence-corrected chi connectivity index (χ1v) is 10.6. The molecule has 0 spiro atoms. The van der Waals surface area contributed by atoms with E-state index in [4.69, 9.17) is 5.84 Å². The Hall–Kier alpha value is -1.02. The highest BCUT2D eigenvalue weighted by Crippen LogP contribution is 2.66. The monoisotopic (exact) mass is 354 g/mol. The molecule has 3 aliphatic rings. The van der Waals surface area contributed by atoms with Gasteiger partial charge < -0.3 is 5.01 Å². The smallest absolute Gasteiger partial charge is 0.0597 e. The first-order valence-electron chi connectivity index (χ1n) is 10.6. The summed E-state index contributed by atoms with van der Waals surface area (Å²) in [5, 5.41) is 2.17. The van der Waals surface area contributed by atoms with Crippen LogP contribution in [0.1, 0.15) is 84.8 Å². The standard InChI is InChI=1S/C24H38N2/c1-16-8-9-20-19(12-16)22(4,5)23(6)14-17-10-11-21(2,3)13-18(17)15-24(23,7)26(20)25/h8-9,12,17-18H,10-11,13-15,25H2,1-7H3. The molecule has 4 rings (SSSR count). The Morgan fingerprint density at radius 3 is 2.35 bits per heavy atom. The molecule has 0 amide bonds. The largest absolute Gasteiger partial charge is 0.304 e. The lowest BCUT2D eigenvalue weighted by atomic mass is 9.42. The number of hydrogen-bond donors (Lipinski definition) is 1. The van der Waals surface area contributed by atoms with E-state index in [1.807, 2.05) is 0 Å². The van der Waals surface area contributed by atoms with Crippen molar-refractivity contribution in [2.45, 2.75) is 91.5 Å². The van der Waals surface area contributed by atoms with Gasteiger partial charge >= 0.3 is 0 Å². The molecule has 2 fully saturated rings. The van der Waals surface area contributed by atoms with Crippen molar-refractivity contribution in [2.24, 2.45) is 28.5 Å². The quantitative estimate of drug-likeness (QED) is 0.582. The van der Waals surface area contributed by atoms with E-state index in [9.17, 15) is 0 Å². The average Bonchev–Trinajstić information content (AvgIpc) is 2.54. The van der Waals surface area contributed by atoms with E-state index in [0.717, 1.165) is 11.8 Å². The molecule has 0 radical (unpaired) electrons. The minimum absolute atomic E-state index is 0.00729. The van der Waals surface area contributed by atoms with Gasteiger partial charge in [0.1, 0.15) is 0 Å². The third-order valence-electron chi connectivity index (χ3n) is 9.19. The Morgan fingerprint density at radius 2 is 1.65 bits per heavy atom. The van der Waals surface area contributed by atoms with Crippen molar-refractivity contribution in [2.75, 3.05) is 5.01 Å². The van der Waals surface area contributed by atoms with Crippen LogP contribution in [0.15, 0.2) is 18.2 Å². The van der Waals surface area contributed by atoms with Gasteiger partial charge in [-0.1, -0.05) is 52.3 Å². The molecule has 0 bridgehead atoms. The minimum Gasteiger partial charge on any atom is -0.304 e. The summed E-state index contributed by atoms with van der Waals surface area (Å²) in [6, 6.07) is 6.86. The summed E-state index contributed by atoms with van der Waals surface area (Å²) in [4.78, 5) is 0. The maximum absolute atomic E-state index is 6.91. The Labute approximate surface area is 160 Å². The number of fused-ring (bicyclic) bond motifs is 3. The zero-order valence-corrected chi connectivity index (χ0v) is 17.9. The molecule has 2 N–H and O–H groups in total. The van der Waals surface area contributed by atoms with E-state index in [1.54, 1.807) is 0 Å². The molecule has 26 heavy (non-hydrogen) atoms. The lowest BCUT2D eigenvalue weighted by Gasteiger charge is -2.68. The predicted molar refractivity (Wildman–Crippen MR) is 111 cm³/mol. The second-order valence-corrected chi connectivity index (χ2v) is 11.5. The summed E-state index contributed by atoms with van der Waals surface area (Å²) in [5.41, 5.74) is 4.82. The Balaban J connectivity index is 1.85. The number of hydrazine groups is 1. The molecule has 144 valence electrons. The van der Waals surface area contributed by atoms with E-state index < -0.39 is 0 Å². The summed E-state index contributed by atoms with van der Waals surface area (Å²) in [5.74, 6) is 8.59. The van der Waals surface area contributed by atoms with Gasteiger partial charge in [0, 0.05) is 5.41 Å².